The average molecular weight is 228 g/mol. The van der Waals surface area contributed by atoms with Gasteiger partial charge in [-0.05, 0) is 17.7 Å². The number of hydrogen-bond acceptors (Lipinski definition) is 3. The summed E-state index contributed by atoms with van der Waals surface area (Å²) >= 11 is 3.64. The Bertz CT molecular complexity index is 311. The van der Waals surface area contributed by atoms with Crippen molar-refractivity contribution in [3.63, 3.8) is 0 Å². The Balaban J connectivity index is 2.26. The maximum absolute atomic E-state index is 5.35. The summed E-state index contributed by atoms with van der Waals surface area (Å²) < 4.78 is 7.77. The molecule has 0 spiro atoms. The van der Waals surface area contributed by atoms with Crippen LogP contribution in [-0.4, -0.2) is 42.2 Å². The normalized spacial score (nSPS) is 17.1. The summed E-state index contributed by atoms with van der Waals surface area (Å²) in [5.74, 6) is 0. The highest BCUT2D eigenvalue weighted by atomic mass is 32.2. The van der Waals surface area contributed by atoms with E-state index in [1.165, 1.54) is 9.92 Å². The van der Waals surface area contributed by atoms with Crippen molar-refractivity contribution in [1.82, 2.24) is 0 Å². The molecule has 1 fully saturated rings. The molecule has 0 aliphatic carbocycles. The molecule has 1 aliphatic rings. The second-order valence-corrected chi connectivity index (χ2v) is 4.83. The van der Waals surface area contributed by atoms with Crippen molar-refractivity contribution in [2.24, 2.45) is 0 Å². The highest BCUT2D eigenvalue weighted by molar-refractivity contribution is 8.13. The molecule has 1 aliphatic heterocycles. The smallest absolute Gasteiger partial charge is 0.252 e. The van der Waals surface area contributed by atoms with Gasteiger partial charge in [0.2, 0.25) is 0 Å². The zero-order chi connectivity index (χ0) is 9.80. The minimum Gasteiger partial charge on any atom is -0.368 e. The number of morpholine rings is 1. The van der Waals surface area contributed by atoms with Crippen LogP contribution in [0.4, 0.5) is 0 Å². The van der Waals surface area contributed by atoms with Crippen molar-refractivity contribution in [3.8, 4) is 0 Å². The molecule has 0 saturated carbocycles. The second-order valence-electron chi connectivity index (χ2n) is 3.09. The summed E-state index contributed by atoms with van der Waals surface area (Å²) in [6.07, 6.45) is 2.14. The second kappa shape index (κ2) is 4.96. The van der Waals surface area contributed by atoms with Gasteiger partial charge in [0.05, 0.1) is 0 Å². The number of ether oxygens (including phenoxy) is 1. The van der Waals surface area contributed by atoms with Crippen molar-refractivity contribution in [3.05, 3.63) is 22.4 Å². The van der Waals surface area contributed by atoms with Crippen LogP contribution in [0.3, 0.4) is 0 Å². The zero-order valence-corrected chi connectivity index (χ0v) is 9.87. The maximum Gasteiger partial charge on any atom is 0.252 e. The van der Waals surface area contributed by atoms with E-state index in [1.807, 2.05) is 23.1 Å². The van der Waals surface area contributed by atoms with Crippen LogP contribution < -0.4 is 0 Å². The van der Waals surface area contributed by atoms with Gasteiger partial charge in [-0.3, -0.25) is 0 Å². The third kappa shape index (κ3) is 2.19. The lowest BCUT2D eigenvalue weighted by molar-refractivity contribution is -0.546. The highest BCUT2D eigenvalue weighted by Crippen LogP contribution is 2.17. The van der Waals surface area contributed by atoms with Gasteiger partial charge in [0.25, 0.3) is 5.04 Å². The van der Waals surface area contributed by atoms with E-state index in [0.29, 0.717) is 0 Å². The van der Waals surface area contributed by atoms with Crippen molar-refractivity contribution >= 4 is 28.1 Å². The maximum atomic E-state index is 5.35. The monoisotopic (exact) mass is 228 g/mol. The molecule has 0 radical (unpaired) electrons. The fraction of sp³-hybridized carbons (Fsp3) is 0.500. The number of rotatable bonds is 1. The lowest BCUT2D eigenvalue weighted by atomic mass is 10.4. The summed E-state index contributed by atoms with van der Waals surface area (Å²) in [6.45, 7) is 3.76. The molecule has 14 heavy (non-hydrogen) atoms. The Kier molecular flexibility index (Phi) is 3.61. The topological polar surface area (TPSA) is 12.2 Å². The molecule has 1 aromatic rings. The number of thioether (sulfide) groups is 1. The first-order valence-corrected chi connectivity index (χ1v) is 6.80. The molecule has 0 aromatic carbocycles. The summed E-state index contributed by atoms with van der Waals surface area (Å²) in [5.41, 5.74) is 0. The SMILES string of the molecule is CSC(c1cccs1)=[N+]1CCOCC1. The molecule has 2 nitrogen and oxygen atoms in total. The fourth-order valence-electron chi connectivity index (χ4n) is 1.55. The zero-order valence-electron chi connectivity index (χ0n) is 8.23. The van der Waals surface area contributed by atoms with Gasteiger partial charge in [0.15, 0.2) is 13.1 Å². The van der Waals surface area contributed by atoms with E-state index in [-0.39, 0.29) is 0 Å². The van der Waals surface area contributed by atoms with E-state index in [9.17, 15) is 0 Å². The van der Waals surface area contributed by atoms with Gasteiger partial charge in [-0.2, -0.15) is 0 Å². The Hall–Kier alpha value is -0.320. The molecule has 2 rings (SSSR count). The number of hydrogen-bond donors (Lipinski definition) is 0. The molecule has 4 heteroatoms. The molecular weight excluding hydrogens is 214 g/mol. The third-order valence-electron chi connectivity index (χ3n) is 2.22. The average Bonchev–Trinajstić information content (AvgIpc) is 2.74. The first kappa shape index (κ1) is 10.2. The summed E-state index contributed by atoms with van der Waals surface area (Å²) in [6, 6.07) is 4.29. The summed E-state index contributed by atoms with van der Waals surface area (Å²) in [4.78, 5) is 1.37. The lowest BCUT2D eigenvalue weighted by Crippen LogP contribution is -2.32. The molecule has 0 amide bonds. The quantitative estimate of drug-likeness (QED) is 0.537. The predicted molar refractivity (Wildman–Crippen MR) is 62.8 cm³/mol. The van der Waals surface area contributed by atoms with Crippen molar-refractivity contribution in [2.75, 3.05) is 32.6 Å². The first-order valence-electron chi connectivity index (χ1n) is 4.69. The standard InChI is InChI=1S/C10H14NOS2/c1-13-10(9-3-2-8-14-9)11-4-6-12-7-5-11/h2-3,8H,4-7H2,1H3/q+1. The van der Waals surface area contributed by atoms with Crippen molar-refractivity contribution < 1.29 is 9.31 Å². The van der Waals surface area contributed by atoms with Crippen LogP contribution in [0, 0.1) is 0 Å². The van der Waals surface area contributed by atoms with Gasteiger partial charge >= 0.3 is 0 Å². The van der Waals surface area contributed by atoms with Gasteiger partial charge in [-0.1, -0.05) is 17.8 Å². The molecule has 0 bridgehead atoms. The van der Waals surface area contributed by atoms with E-state index in [2.05, 4.69) is 28.3 Å². The van der Waals surface area contributed by atoms with Crippen LogP contribution >= 0.6 is 23.1 Å². The lowest BCUT2D eigenvalue weighted by Gasteiger charge is -2.13. The van der Waals surface area contributed by atoms with Gasteiger partial charge in [0, 0.05) is 0 Å². The van der Waals surface area contributed by atoms with E-state index >= 15 is 0 Å². The largest absolute Gasteiger partial charge is 0.368 e. The molecule has 0 N–H and O–H groups in total. The molecule has 0 atom stereocenters. The van der Waals surface area contributed by atoms with E-state index in [4.69, 9.17) is 4.74 Å². The van der Waals surface area contributed by atoms with Crippen molar-refractivity contribution in [2.45, 2.75) is 0 Å². The third-order valence-corrected chi connectivity index (χ3v) is 4.09. The molecule has 0 unspecified atom stereocenters. The summed E-state index contributed by atoms with van der Waals surface area (Å²) in [5, 5.41) is 3.52. The minimum absolute atomic E-state index is 0.857. The van der Waals surface area contributed by atoms with Crippen LogP contribution in [0.2, 0.25) is 0 Å². The van der Waals surface area contributed by atoms with Gasteiger partial charge in [0.1, 0.15) is 18.1 Å². The van der Waals surface area contributed by atoms with Crippen LogP contribution in [0.1, 0.15) is 4.88 Å². The van der Waals surface area contributed by atoms with E-state index < -0.39 is 0 Å². The Labute approximate surface area is 92.6 Å². The molecule has 1 saturated heterocycles. The summed E-state index contributed by atoms with van der Waals surface area (Å²) in [7, 11) is 0. The number of thiophene rings is 1. The van der Waals surface area contributed by atoms with Crippen LogP contribution in [-0.2, 0) is 4.74 Å². The van der Waals surface area contributed by atoms with Crippen LogP contribution in [0.5, 0.6) is 0 Å². The van der Waals surface area contributed by atoms with E-state index in [1.54, 1.807) is 0 Å². The van der Waals surface area contributed by atoms with Crippen LogP contribution in [0.25, 0.3) is 0 Å². The van der Waals surface area contributed by atoms with E-state index in [0.717, 1.165) is 26.3 Å². The van der Waals surface area contributed by atoms with Gasteiger partial charge < -0.3 is 4.74 Å². The van der Waals surface area contributed by atoms with Gasteiger partial charge in [-0.15, -0.1) is 11.3 Å². The van der Waals surface area contributed by atoms with Crippen molar-refractivity contribution in [1.29, 1.82) is 0 Å². The highest BCUT2D eigenvalue weighted by Gasteiger charge is 2.19. The van der Waals surface area contributed by atoms with Gasteiger partial charge in [-0.25, -0.2) is 4.58 Å². The Morgan fingerprint density at radius 3 is 2.86 bits per heavy atom. The first-order chi connectivity index (χ1) is 6.92. The fourth-order valence-corrected chi connectivity index (χ4v) is 3.35. The minimum atomic E-state index is 0.857. The Morgan fingerprint density at radius 2 is 2.29 bits per heavy atom. The molecule has 76 valence electrons. The predicted octanol–water partition coefficient (Wildman–Crippen LogP) is 1.90. The van der Waals surface area contributed by atoms with Crippen LogP contribution in [0.15, 0.2) is 17.5 Å². The molecular formula is C10H14NOS2+. The Morgan fingerprint density at radius 1 is 1.50 bits per heavy atom. The molecule has 2 heterocycles. The number of nitrogens with zero attached hydrogens (tertiary/aromatic N) is 1. The molecule has 1 aromatic heterocycles.